The fraction of sp³-hybridized carbons (Fsp3) is 0.375. The van der Waals surface area contributed by atoms with Gasteiger partial charge in [0.2, 0.25) is 0 Å². The summed E-state index contributed by atoms with van der Waals surface area (Å²) in [5.74, 6) is 0.163. The van der Waals surface area contributed by atoms with Gasteiger partial charge in [0.1, 0.15) is 5.15 Å². The van der Waals surface area contributed by atoms with Crippen LogP contribution in [0, 0.1) is 12.8 Å². The van der Waals surface area contributed by atoms with Crippen LogP contribution in [0.3, 0.4) is 0 Å². The Morgan fingerprint density at radius 3 is 2.19 bits per heavy atom. The maximum Gasteiger partial charge on any atom is 0.329 e. The summed E-state index contributed by atoms with van der Waals surface area (Å²) in [6, 6.07) is 7.28. The molecule has 2 aromatic rings. The summed E-state index contributed by atoms with van der Waals surface area (Å²) in [5.41, 5.74) is 1.31. The molecule has 5 heteroatoms. The van der Waals surface area contributed by atoms with E-state index in [2.05, 4.69) is 4.98 Å². The van der Waals surface area contributed by atoms with Crippen LogP contribution in [0.1, 0.15) is 32.4 Å². The lowest BCUT2D eigenvalue weighted by molar-refractivity contribution is 0.385. The number of hydrogen-bond acceptors (Lipinski definition) is 2. The van der Waals surface area contributed by atoms with Gasteiger partial charge < -0.3 is 0 Å². The first kappa shape index (κ1) is 15.6. The molecule has 0 aliphatic carbocycles. The van der Waals surface area contributed by atoms with Gasteiger partial charge in [-0.05, 0) is 25.3 Å². The quantitative estimate of drug-likeness (QED) is 0.884. The average Bonchev–Trinajstić information content (AvgIpc) is 2.40. The van der Waals surface area contributed by atoms with E-state index in [9.17, 15) is 9.59 Å². The lowest BCUT2D eigenvalue weighted by Gasteiger charge is -2.19. The maximum atomic E-state index is 12.7. The van der Waals surface area contributed by atoms with Crippen LogP contribution >= 0.6 is 11.6 Å². The van der Waals surface area contributed by atoms with Gasteiger partial charge in [-0.3, -0.25) is 14.3 Å². The van der Waals surface area contributed by atoms with E-state index in [1.54, 1.807) is 0 Å². The average molecular weight is 307 g/mol. The van der Waals surface area contributed by atoms with Crippen LogP contribution in [-0.2, 0) is 0 Å². The van der Waals surface area contributed by atoms with Gasteiger partial charge in [0, 0.05) is 6.04 Å². The van der Waals surface area contributed by atoms with Gasteiger partial charge in [0.25, 0.3) is 5.56 Å². The lowest BCUT2D eigenvalue weighted by atomic mass is 10.0. The van der Waals surface area contributed by atoms with E-state index in [1.165, 1.54) is 4.57 Å². The molecule has 0 spiro atoms. The summed E-state index contributed by atoms with van der Waals surface area (Å²) in [4.78, 5) is 27.3. The number of aryl methyl sites for hydroxylation is 1. The molecule has 1 atom stereocenters. The van der Waals surface area contributed by atoms with Crippen molar-refractivity contribution in [3.63, 3.8) is 0 Å². The number of nitrogens with zero attached hydrogens (tertiary/aromatic N) is 1. The van der Waals surface area contributed by atoms with E-state index in [0.29, 0.717) is 11.1 Å². The maximum absolute atomic E-state index is 12.7. The smallest absolute Gasteiger partial charge is 0.297 e. The molecule has 0 fully saturated rings. The number of aromatic amines is 1. The minimum absolute atomic E-state index is 0.0843. The Morgan fingerprint density at radius 1 is 1.10 bits per heavy atom. The SMILES string of the molecule is Cc1ccc(-c2c(Cl)[nH]c(=O)n(C(C)C(C)C)c2=O)cc1. The Labute approximate surface area is 128 Å². The number of halogens is 1. The van der Waals surface area contributed by atoms with Crippen molar-refractivity contribution in [1.29, 1.82) is 0 Å². The van der Waals surface area contributed by atoms with Gasteiger partial charge in [-0.1, -0.05) is 55.3 Å². The molecule has 0 aliphatic rings. The summed E-state index contributed by atoms with van der Waals surface area (Å²) in [6.07, 6.45) is 0. The van der Waals surface area contributed by atoms with Crippen molar-refractivity contribution in [1.82, 2.24) is 9.55 Å². The Balaban J connectivity index is 2.73. The molecule has 21 heavy (non-hydrogen) atoms. The van der Waals surface area contributed by atoms with Crippen molar-refractivity contribution < 1.29 is 0 Å². The number of H-pyrrole nitrogens is 1. The molecule has 0 radical (unpaired) electrons. The van der Waals surface area contributed by atoms with Crippen molar-refractivity contribution in [2.24, 2.45) is 5.92 Å². The van der Waals surface area contributed by atoms with Gasteiger partial charge in [0.15, 0.2) is 0 Å². The van der Waals surface area contributed by atoms with Crippen molar-refractivity contribution in [2.75, 3.05) is 0 Å². The van der Waals surface area contributed by atoms with Crippen LogP contribution in [0.25, 0.3) is 11.1 Å². The molecular formula is C16H19ClN2O2. The van der Waals surface area contributed by atoms with E-state index >= 15 is 0 Å². The molecule has 1 aromatic carbocycles. The Bertz CT molecular complexity index is 757. The summed E-state index contributed by atoms with van der Waals surface area (Å²) in [7, 11) is 0. The summed E-state index contributed by atoms with van der Waals surface area (Å²) in [6.45, 7) is 7.76. The summed E-state index contributed by atoms with van der Waals surface area (Å²) >= 11 is 6.10. The standard InChI is InChI=1S/C16H19ClN2O2/c1-9(2)11(4)19-15(20)13(14(17)18-16(19)21)12-7-5-10(3)6-8-12/h5-9,11H,1-4H3,(H,18,21). The molecule has 0 amide bonds. The molecule has 1 heterocycles. The number of rotatable bonds is 3. The Morgan fingerprint density at radius 2 is 1.67 bits per heavy atom. The predicted molar refractivity (Wildman–Crippen MR) is 86.1 cm³/mol. The molecule has 112 valence electrons. The summed E-state index contributed by atoms with van der Waals surface area (Å²) in [5, 5.41) is 0.0843. The van der Waals surface area contributed by atoms with E-state index in [4.69, 9.17) is 11.6 Å². The van der Waals surface area contributed by atoms with Gasteiger partial charge >= 0.3 is 5.69 Å². The zero-order valence-electron chi connectivity index (χ0n) is 12.6. The Hall–Kier alpha value is -1.81. The number of hydrogen-bond donors (Lipinski definition) is 1. The highest BCUT2D eigenvalue weighted by Gasteiger charge is 2.19. The monoisotopic (exact) mass is 306 g/mol. The fourth-order valence-corrected chi connectivity index (χ4v) is 2.43. The lowest BCUT2D eigenvalue weighted by Crippen LogP contribution is -2.39. The summed E-state index contributed by atoms with van der Waals surface area (Å²) < 4.78 is 1.24. The van der Waals surface area contributed by atoms with Crippen LogP contribution in [0.2, 0.25) is 5.15 Å². The molecule has 2 rings (SSSR count). The van der Waals surface area contributed by atoms with Gasteiger partial charge in [0.05, 0.1) is 5.56 Å². The van der Waals surface area contributed by atoms with Crippen molar-refractivity contribution in [3.8, 4) is 11.1 Å². The molecule has 1 N–H and O–H groups in total. The first-order chi connectivity index (χ1) is 9.82. The third-order valence-corrected chi connectivity index (χ3v) is 4.08. The zero-order valence-corrected chi connectivity index (χ0v) is 13.4. The van der Waals surface area contributed by atoms with Crippen LogP contribution in [0.15, 0.2) is 33.9 Å². The third kappa shape index (κ3) is 2.95. The fourth-order valence-electron chi connectivity index (χ4n) is 2.16. The van der Waals surface area contributed by atoms with E-state index in [1.807, 2.05) is 52.0 Å². The second-order valence-electron chi connectivity index (χ2n) is 5.64. The largest absolute Gasteiger partial charge is 0.329 e. The van der Waals surface area contributed by atoms with Gasteiger partial charge in [-0.25, -0.2) is 4.79 Å². The topological polar surface area (TPSA) is 54.9 Å². The molecule has 0 bridgehead atoms. The van der Waals surface area contributed by atoms with Crippen molar-refractivity contribution in [3.05, 3.63) is 55.8 Å². The highest BCUT2D eigenvalue weighted by atomic mass is 35.5. The molecule has 0 saturated heterocycles. The van der Waals surface area contributed by atoms with E-state index in [0.717, 1.165) is 5.56 Å². The Kier molecular flexibility index (Phi) is 4.37. The highest BCUT2D eigenvalue weighted by molar-refractivity contribution is 6.32. The minimum atomic E-state index is -0.470. The van der Waals surface area contributed by atoms with Crippen LogP contribution in [-0.4, -0.2) is 9.55 Å². The molecule has 0 aliphatic heterocycles. The van der Waals surface area contributed by atoms with E-state index < -0.39 is 5.69 Å². The van der Waals surface area contributed by atoms with Gasteiger partial charge in [-0.2, -0.15) is 0 Å². The van der Waals surface area contributed by atoms with Crippen molar-refractivity contribution in [2.45, 2.75) is 33.7 Å². The van der Waals surface area contributed by atoms with Gasteiger partial charge in [-0.15, -0.1) is 0 Å². The third-order valence-electron chi connectivity index (χ3n) is 3.80. The molecule has 4 nitrogen and oxygen atoms in total. The van der Waals surface area contributed by atoms with Crippen molar-refractivity contribution >= 4 is 11.6 Å². The first-order valence-electron chi connectivity index (χ1n) is 6.94. The predicted octanol–water partition coefficient (Wildman–Crippen LogP) is 3.38. The zero-order chi connectivity index (χ0) is 15.7. The van der Waals surface area contributed by atoms with Crippen LogP contribution in [0.4, 0.5) is 0 Å². The van der Waals surface area contributed by atoms with Crippen LogP contribution < -0.4 is 11.2 Å². The second kappa shape index (κ2) is 5.90. The molecule has 1 unspecified atom stereocenters. The molecular weight excluding hydrogens is 288 g/mol. The molecule has 1 aromatic heterocycles. The normalized spacial score (nSPS) is 12.7. The minimum Gasteiger partial charge on any atom is -0.297 e. The first-order valence-corrected chi connectivity index (χ1v) is 7.32. The highest BCUT2D eigenvalue weighted by Crippen LogP contribution is 2.23. The number of nitrogens with one attached hydrogen (secondary N) is 1. The number of benzene rings is 1. The molecule has 0 saturated carbocycles. The van der Waals surface area contributed by atoms with Crippen LogP contribution in [0.5, 0.6) is 0 Å². The second-order valence-corrected chi connectivity index (χ2v) is 6.02. The van der Waals surface area contributed by atoms with E-state index in [-0.39, 0.29) is 22.7 Å². The number of aromatic nitrogens is 2.